The highest BCUT2D eigenvalue weighted by atomic mass is 15.2. The number of hydrogen-bond acceptors (Lipinski definition) is 2. The Hall–Kier alpha value is -0.860. The van der Waals surface area contributed by atoms with E-state index in [1.54, 1.807) is 0 Å². The second kappa shape index (κ2) is 6.93. The molecule has 116 valence electrons. The first kappa shape index (κ1) is 15.1. The molecule has 1 heterocycles. The van der Waals surface area contributed by atoms with E-state index in [9.17, 15) is 0 Å². The Labute approximate surface area is 129 Å². The fourth-order valence-corrected chi connectivity index (χ4v) is 4.67. The third-order valence-electron chi connectivity index (χ3n) is 5.73. The van der Waals surface area contributed by atoms with Gasteiger partial charge < -0.3 is 5.73 Å². The number of likely N-dealkylation sites (tertiary alicyclic amines) is 1. The van der Waals surface area contributed by atoms with Gasteiger partial charge in [0, 0.05) is 18.1 Å². The summed E-state index contributed by atoms with van der Waals surface area (Å²) in [6, 6.07) is 12.1. The van der Waals surface area contributed by atoms with Gasteiger partial charge in [0.2, 0.25) is 0 Å². The summed E-state index contributed by atoms with van der Waals surface area (Å²) < 4.78 is 0. The van der Waals surface area contributed by atoms with Crippen LogP contribution in [0.4, 0.5) is 0 Å². The molecule has 0 bridgehead atoms. The molecule has 1 aliphatic carbocycles. The van der Waals surface area contributed by atoms with Gasteiger partial charge in [0.25, 0.3) is 0 Å². The molecule has 1 saturated carbocycles. The highest BCUT2D eigenvalue weighted by molar-refractivity contribution is 5.20. The Morgan fingerprint density at radius 2 is 1.81 bits per heavy atom. The summed E-state index contributed by atoms with van der Waals surface area (Å²) in [5, 5.41) is 0. The first-order valence-electron chi connectivity index (χ1n) is 8.87. The third kappa shape index (κ3) is 3.17. The third-order valence-corrected chi connectivity index (χ3v) is 5.73. The lowest BCUT2D eigenvalue weighted by Gasteiger charge is -2.49. The molecule has 0 radical (unpaired) electrons. The minimum atomic E-state index is 0.150. The van der Waals surface area contributed by atoms with Gasteiger partial charge >= 0.3 is 0 Å². The molecular formula is C19H30N2. The van der Waals surface area contributed by atoms with E-state index in [0.29, 0.717) is 6.04 Å². The van der Waals surface area contributed by atoms with E-state index < -0.39 is 0 Å². The predicted octanol–water partition coefficient (Wildman–Crippen LogP) is 4.12. The van der Waals surface area contributed by atoms with Crippen molar-refractivity contribution in [1.82, 2.24) is 4.90 Å². The van der Waals surface area contributed by atoms with E-state index in [-0.39, 0.29) is 6.04 Å². The summed E-state index contributed by atoms with van der Waals surface area (Å²) in [4.78, 5) is 2.78. The largest absolute Gasteiger partial charge is 0.323 e. The van der Waals surface area contributed by atoms with E-state index in [1.165, 1.54) is 50.6 Å². The Balaban J connectivity index is 1.78. The van der Waals surface area contributed by atoms with E-state index in [2.05, 4.69) is 42.2 Å². The van der Waals surface area contributed by atoms with Crippen molar-refractivity contribution in [2.24, 2.45) is 11.7 Å². The highest BCUT2D eigenvalue weighted by Crippen LogP contribution is 2.38. The van der Waals surface area contributed by atoms with E-state index in [4.69, 9.17) is 5.73 Å². The summed E-state index contributed by atoms with van der Waals surface area (Å²) >= 11 is 0. The lowest BCUT2D eigenvalue weighted by atomic mass is 9.77. The molecule has 3 rings (SSSR count). The molecule has 1 aliphatic heterocycles. The van der Waals surface area contributed by atoms with Gasteiger partial charge in [-0.1, -0.05) is 50.1 Å². The van der Waals surface area contributed by atoms with Gasteiger partial charge in [-0.25, -0.2) is 0 Å². The van der Waals surface area contributed by atoms with Crippen LogP contribution in [0.5, 0.6) is 0 Å². The highest BCUT2D eigenvalue weighted by Gasteiger charge is 2.38. The zero-order valence-corrected chi connectivity index (χ0v) is 13.4. The fraction of sp³-hybridized carbons (Fsp3) is 0.684. The number of piperidine rings is 1. The minimum absolute atomic E-state index is 0.150. The number of hydrogen-bond donors (Lipinski definition) is 1. The van der Waals surface area contributed by atoms with Crippen LogP contribution in [0.1, 0.15) is 63.5 Å². The van der Waals surface area contributed by atoms with Gasteiger partial charge in [0.1, 0.15) is 0 Å². The number of fused-ring (bicyclic) bond motifs is 1. The van der Waals surface area contributed by atoms with E-state index in [1.807, 2.05) is 0 Å². The van der Waals surface area contributed by atoms with Gasteiger partial charge in [-0.05, 0) is 50.1 Å². The standard InChI is InChI=1S/C19H30N2/c1-2-17(19(20)16-10-4-3-5-11-16)21-14-8-12-15-9-6-7-13-18(15)21/h3-5,10-11,15,17-19H,2,6-9,12-14,20H2,1H3. The number of rotatable bonds is 4. The second-order valence-corrected chi connectivity index (χ2v) is 6.90. The lowest BCUT2D eigenvalue weighted by Crippen LogP contribution is -2.54. The van der Waals surface area contributed by atoms with Crippen LogP contribution in [0.3, 0.4) is 0 Å². The molecule has 2 heteroatoms. The zero-order chi connectivity index (χ0) is 14.7. The lowest BCUT2D eigenvalue weighted by molar-refractivity contribution is 0.0152. The molecule has 1 saturated heterocycles. The van der Waals surface area contributed by atoms with E-state index >= 15 is 0 Å². The summed E-state index contributed by atoms with van der Waals surface area (Å²) in [5.74, 6) is 0.935. The molecule has 2 nitrogen and oxygen atoms in total. The van der Waals surface area contributed by atoms with Gasteiger partial charge in [-0.2, -0.15) is 0 Å². The van der Waals surface area contributed by atoms with Crippen LogP contribution in [0.2, 0.25) is 0 Å². The van der Waals surface area contributed by atoms with E-state index in [0.717, 1.165) is 18.4 Å². The number of nitrogens with two attached hydrogens (primary N) is 1. The van der Waals surface area contributed by atoms with Crippen LogP contribution in [0, 0.1) is 5.92 Å². The monoisotopic (exact) mass is 286 g/mol. The molecule has 1 aromatic carbocycles. The Bertz CT molecular complexity index is 428. The van der Waals surface area contributed by atoms with Crippen molar-refractivity contribution >= 4 is 0 Å². The van der Waals surface area contributed by atoms with Crippen molar-refractivity contribution in [2.75, 3.05) is 6.54 Å². The number of benzene rings is 1. The topological polar surface area (TPSA) is 29.3 Å². The normalized spacial score (nSPS) is 29.6. The van der Waals surface area contributed by atoms with Gasteiger partial charge in [-0.15, -0.1) is 0 Å². The van der Waals surface area contributed by atoms with Crippen LogP contribution in [0.25, 0.3) is 0 Å². The van der Waals surface area contributed by atoms with Crippen LogP contribution in [-0.4, -0.2) is 23.5 Å². The molecule has 0 aromatic heterocycles. The molecule has 4 unspecified atom stereocenters. The maximum Gasteiger partial charge on any atom is 0.0453 e. The van der Waals surface area contributed by atoms with Crippen molar-refractivity contribution in [3.63, 3.8) is 0 Å². The van der Waals surface area contributed by atoms with Crippen molar-refractivity contribution < 1.29 is 0 Å². The van der Waals surface area contributed by atoms with Crippen molar-refractivity contribution in [2.45, 2.75) is 70.0 Å². The van der Waals surface area contributed by atoms with Gasteiger partial charge in [0.15, 0.2) is 0 Å². The van der Waals surface area contributed by atoms with Crippen molar-refractivity contribution in [3.8, 4) is 0 Å². The van der Waals surface area contributed by atoms with Crippen LogP contribution in [-0.2, 0) is 0 Å². The predicted molar refractivity (Wildman–Crippen MR) is 89.1 cm³/mol. The average Bonchev–Trinajstić information content (AvgIpc) is 2.56. The van der Waals surface area contributed by atoms with Gasteiger partial charge in [0.05, 0.1) is 0 Å². The van der Waals surface area contributed by atoms with Crippen LogP contribution in [0.15, 0.2) is 30.3 Å². The van der Waals surface area contributed by atoms with Crippen LogP contribution >= 0.6 is 0 Å². The minimum Gasteiger partial charge on any atom is -0.323 e. The maximum absolute atomic E-state index is 6.66. The fourth-order valence-electron chi connectivity index (χ4n) is 4.67. The SMILES string of the molecule is CCC(C(N)c1ccccc1)N1CCCC2CCCCC21. The zero-order valence-electron chi connectivity index (χ0n) is 13.4. The van der Waals surface area contributed by atoms with Crippen LogP contribution < -0.4 is 5.73 Å². The van der Waals surface area contributed by atoms with Crippen molar-refractivity contribution in [1.29, 1.82) is 0 Å². The Morgan fingerprint density at radius 1 is 1.10 bits per heavy atom. The molecule has 2 N–H and O–H groups in total. The number of nitrogens with zero attached hydrogens (tertiary/aromatic N) is 1. The average molecular weight is 286 g/mol. The molecule has 1 aromatic rings. The first-order chi connectivity index (χ1) is 10.3. The smallest absolute Gasteiger partial charge is 0.0453 e. The molecule has 2 fully saturated rings. The maximum atomic E-state index is 6.66. The molecule has 21 heavy (non-hydrogen) atoms. The molecule has 4 atom stereocenters. The van der Waals surface area contributed by atoms with Gasteiger partial charge in [-0.3, -0.25) is 4.90 Å². The quantitative estimate of drug-likeness (QED) is 0.902. The molecule has 0 spiro atoms. The Kier molecular flexibility index (Phi) is 4.97. The molecule has 0 amide bonds. The van der Waals surface area contributed by atoms with Crippen molar-refractivity contribution in [3.05, 3.63) is 35.9 Å². The summed E-state index contributed by atoms with van der Waals surface area (Å²) in [6.45, 7) is 3.56. The first-order valence-corrected chi connectivity index (χ1v) is 8.87. The summed E-state index contributed by atoms with van der Waals surface area (Å²) in [7, 11) is 0. The summed E-state index contributed by atoms with van der Waals surface area (Å²) in [6.07, 6.45) is 9.64. The molecule has 2 aliphatic rings. The summed E-state index contributed by atoms with van der Waals surface area (Å²) in [5.41, 5.74) is 7.95. The second-order valence-electron chi connectivity index (χ2n) is 6.90. The molecular weight excluding hydrogens is 256 g/mol. The Morgan fingerprint density at radius 3 is 2.57 bits per heavy atom.